The fourth-order valence-electron chi connectivity index (χ4n) is 4.53. The smallest absolute Gasteiger partial charge is 0.216 e. The van der Waals surface area contributed by atoms with E-state index in [-0.39, 0.29) is 0 Å². The van der Waals surface area contributed by atoms with E-state index >= 15 is 0 Å². The van der Waals surface area contributed by atoms with Crippen molar-refractivity contribution >= 4 is 21.9 Å². The van der Waals surface area contributed by atoms with Gasteiger partial charge in [-0.25, -0.2) is 4.57 Å². The molecule has 0 fully saturated rings. The van der Waals surface area contributed by atoms with Crippen LogP contribution >= 0.6 is 0 Å². The van der Waals surface area contributed by atoms with Crippen molar-refractivity contribution in [3.63, 3.8) is 0 Å². The first kappa shape index (κ1) is 20.0. The Morgan fingerprint density at radius 2 is 1.75 bits per heavy atom. The molecular formula is C29H25N2O+. The zero-order chi connectivity index (χ0) is 22.4. The number of rotatable bonds is 3. The van der Waals surface area contributed by atoms with Crippen molar-refractivity contribution in [3.05, 3.63) is 89.6 Å². The first-order valence-electron chi connectivity index (χ1n) is 10.9. The number of benzene rings is 3. The van der Waals surface area contributed by atoms with Gasteiger partial charge in [0.15, 0.2) is 6.20 Å². The zero-order valence-corrected chi connectivity index (χ0v) is 18.8. The van der Waals surface area contributed by atoms with Crippen molar-refractivity contribution in [1.29, 1.82) is 5.26 Å². The van der Waals surface area contributed by atoms with E-state index in [4.69, 9.17) is 4.42 Å². The molecular weight excluding hydrogens is 392 g/mol. The Morgan fingerprint density at radius 1 is 0.969 bits per heavy atom. The molecule has 0 unspecified atom stereocenters. The van der Waals surface area contributed by atoms with E-state index < -0.39 is 0 Å². The molecule has 0 spiro atoms. The predicted octanol–water partition coefficient (Wildman–Crippen LogP) is 7.05. The normalized spacial score (nSPS) is 11.4. The van der Waals surface area contributed by atoms with Crippen molar-refractivity contribution in [2.24, 2.45) is 7.05 Å². The topological polar surface area (TPSA) is 40.8 Å². The molecule has 3 nitrogen and oxygen atoms in total. The lowest BCUT2D eigenvalue weighted by Crippen LogP contribution is -2.30. The van der Waals surface area contributed by atoms with Crippen LogP contribution < -0.4 is 4.57 Å². The van der Waals surface area contributed by atoms with Gasteiger partial charge in [-0.15, -0.1) is 0 Å². The average Bonchev–Trinajstić information content (AvgIpc) is 3.17. The highest BCUT2D eigenvalue weighted by Gasteiger charge is 2.23. The van der Waals surface area contributed by atoms with E-state index in [2.05, 4.69) is 87.1 Å². The summed E-state index contributed by atoms with van der Waals surface area (Å²) in [5.74, 6) is 0.491. The number of fused-ring (bicyclic) bond motifs is 3. The van der Waals surface area contributed by atoms with E-state index in [1.54, 1.807) is 0 Å². The molecule has 0 saturated carbocycles. The number of aryl methyl sites for hydroxylation is 2. The Bertz CT molecular complexity index is 1520. The molecule has 3 heteroatoms. The highest BCUT2D eigenvalue weighted by molar-refractivity contribution is 6.16. The van der Waals surface area contributed by atoms with Gasteiger partial charge in [-0.1, -0.05) is 38.1 Å². The molecule has 0 atom stereocenters. The maximum absolute atomic E-state index is 9.39. The molecule has 0 aliphatic rings. The van der Waals surface area contributed by atoms with Crippen molar-refractivity contribution in [2.75, 3.05) is 0 Å². The van der Waals surface area contributed by atoms with Crippen LogP contribution in [0.25, 0.3) is 44.3 Å². The second-order valence-corrected chi connectivity index (χ2v) is 8.72. The maximum Gasteiger partial charge on any atom is 0.216 e. The van der Waals surface area contributed by atoms with Crippen LogP contribution in [0.5, 0.6) is 0 Å². The Morgan fingerprint density at radius 3 is 2.44 bits per heavy atom. The van der Waals surface area contributed by atoms with Gasteiger partial charge < -0.3 is 4.42 Å². The molecule has 5 rings (SSSR count). The summed E-state index contributed by atoms with van der Waals surface area (Å²) in [5, 5.41) is 11.5. The minimum atomic E-state index is 0.491. The van der Waals surface area contributed by atoms with Crippen LogP contribution in [0.1, 0.15) is 36.5 Å². The summed E-state index contributed by atoms with van der Waals surface area (Å²) in [6.07, 6.45) is 2.05. The largest absolute Gasteiger partial charge is 0.455 e. The van der Waals surface area contributed by atoms with Crippen molar-refractivity contribution < 1.29 is 8.98 Å². The Labute approximate surface area is 188 Å². The van der Waals surface area contributed by atoms with Crippen LogP contribution in [0.15, 0.2) is 77.3 Å². The first-order chi connectivity index (χ1) is 15.5. The van der Waals surface area contributed by atoms with Crippen LogP contribution in [0.3, 0.4) is 0 Å². The van der Waals surface area contributed by atoms with E-state index in [1.165, 1.54) is 11.1 Å². The molecule has 2 heterocycles. The van der Waals surface area contributed by atoms with Crippen LogP contribution in [-0.2, 0) is 7.05 Å². The van der Waals surface area contributed by atoms with E-state index in [1.807, 2.05) is 24.3 Å². The zero-order valence-electron chi connectivity index (χ0n) is 18.8. The molecule has 0 amide bonds. The molecule has 0 N–H and O–H groups in total. The summed E-state index contributed by atoms with van der Waals surface area (Å²) in [5.41, 5.74) is 9.17. The Balaban J connectivity index is 1.89. The van der Waals surface area contributed by atoms with Crippen LogP contribution in [-0.4, -0.2) is 0 Å². The highest BCUT2D eigenvalue weighted by Crippen LogP contribution is 2.43. The lowest BCUT2D eigenvalue weighted by molar-refractivity contribution is -0.660. The van der Waals surface area contributed by atoms with Gasteiger partial charge in [0.1, 0.15) is 18.2 Å². The van der Waals surface area contributed by atoms with Crippen LogP contribution in [0.2, 0.25) is 0 Å². The quantitative estimate of drug-likeness (QED) is 0.295. The predicted molar refractivity (Wildman–Crippen MR) is 129 cm³/mol. The molecule has 3 aromatic carbocycles. The fourth-order valence-corrected chi connectivity index (χ4v) is 4.53. The third kappa shape index (κ3) is 3.16. The lowest BCUT2D eigenvalue weighted by atomic mass is 9.91. The molecule has 0 bridgehead atoms. The number of hydrogen-bond acceptors (Lipinski definition) is 2. The summed E-state index contributed by atoms with van der Waals surface area (Å²) in [6.45, 7) is 6.56. The standard InChI is InChI=1S/C29H25N2O/c1-18(2)21-9-11-22(12-10-21)24-15-19(3)27(25-7-5-6-14-31(25)4)29-28(24)23-13-8-20(17-30)16-26(23)32-29/h5-16,18H,1-4H3/q+1. The van der Waals surface area contributed by atoms with Gasteiger partial charge in [-0.05, 0) is 65.4 Å². The number of pyridine rings is 1. The summed E-state index contributed by atoms with van der Waals surface area (Å²) in [7, 11) is 2.05. The number of nitrogens with zero attached hydrogens (tertiary/aromatic N) is 2. The van der Waals surface area contributed by atoms with Gasteiger partial charge in [0.2, 0.25) is 5.69 Å². The molecule has 5 aromatic rings. The SMILES string of the molecule is Cc1cc(-c2ccc(C(C)C)cc2)c2c(oc3cc(C#N)ccc32)c1-c1cccc[n+]1C. The van der Waals surface area contributed by atoms with Gasteiger partial charge in [0, 0.05) is 22.9 Å². The van der Waals surface area contributed by atoms with Gasteiger partial charge in [0.05, 0.1) is 17.2 Å². The van der Waals surface area contributed by atoms with Crippen LogP contribution in [0, 0.1) is 18.3 Å². The molecule has 0 radical (unpaired) electrons. The second-order valence-electron chi connectivity index (χ2n) is 8.72. The van der Waals surface area contributed by atoms with E-state index in [0.29, 0.717) is 11.5 Å². The number of nitriles is 1. The first-order valence-corrected chi connectivity index (χ1v) is 10.9. The molecule has 156 valence electrons. The summed E-state index contributed by atoms with van der Waals surface area (Å²) >= 11 is 0. The minimum Gasteiger partial charge on any atom is -0.455 e. The van der Waals surface area contributed by atoms with Crippen molar-refractivity contribution in [2.45, 2.75) is 26.7 Å². The van der Waals surface area contributed by atoms with Crippen molar-refractivity contribution in [3.8, 4) is 28.5 Å². The molecule has 0 aliphatic carbocycles. The number of hydrogen-bond donors (Lipinski definition) is 0. The van der Waals surface area contributed by atoms with Crippen molar-refractivity contribution in [1.82, 2.24) is 0 Å². The van der Waals surface area contributed by atoms with E-state index in [9.17, 15) is 5.26 Å². The number of furan rings is 1. The molecule has 0 saturated heterocycles. The minimum absolute atomic E-state index is 0.491. The summed E-state index contributed by atoms with van der Waals surface area (Å²) < 4.78 is 8.59. The van der Waals surface area contributed by atoms with Gasteiger partial charge >= 0.3 is 0 Å². The fraction of sp³-hybridized carbons (Fsp3) is 0.172. The van der Waals surface area contributed by atoms with Gasteiger partial charge in [-0.2, -0.15) is 5.26 Å². The molecule has 32 heavy (non-hydrogen) atoms. The van der Waals surface area contributed by atoms with Crippen LogP contribution in [0.4, 0.5) is 0 Å². The Hall–Kier alpha value is -3.90. The highest BCUT2D eigenvalue weighted by atomic mass is 16.3. The summed E-state index contributed by atoms with van der Waals surface area (Å²) in [4.78, 5) is 0. The number of aromatic nitrogens is 1. The maximum atomic E-state index is 9.39. The van der Waals surface area contributed by atoms with E-state index in [0.717, 1.165) is 44.3 Å². The third-order valence-electron chi connectivity index (χ3n) is 6.27. The second kappa shape index (κ2) is 7.66. The molecule has 0 aliphatic heterocycles. The Kier molecular flexibility index (Phi) is 4.79. The summed E-state index contributed by atoms with van der Waals surface area (Å²) in [6, 6.07) is 25.2. The van der Waals surface area contributed by atoms with Gasteiger partial charge in [0.25, 0.3) is 0 Å². The molecule has 2 aromatic heterocycles. The average molecular weight is 418 g/mol. The van der Waals surface area contributed by atoms with Gasteiger partial charge in [-0.3, -0.25) is 0 Å². The lowest BCUT2D eigenvalue weighted by Gasteiger charge is -2.12. The monoisotopic (exact) mass is 417 g/mol. The third-order valence-corrected chi connectivity index (χ3v) is 6.27.